The van der Waals surface area contributed by atoms with Crippen LogP contribution in [0.5, 0.6) is 0 Å². The topological polar surface area (TPSA) is 54.9 Å². The van der Waals surface area contributed by atoms with Crippen LogP contribution < -0.4 is 5.32 Å². The van der Waals surface area contributed by atoms with Crippen molar-refractivity contribution >= 4 is 5.91 Å². The van der Waals surface area contributed by atoms with Gasteiger partial charge in [0.05, 0.1) is 11.9 Å². The first-order valence-corrected chi connectivity index (χ1v) is 4.10. The standard InChI is InChI=1S/C9H12N3O/c1-3-4-10-9(13)8-6-11-7(2)5-12-8/h5-6H,1,3-4H2,2H3,(H,10,13). The second-order valence-electron chi connectivity index (χ2n) is 2.65. The van der Waals surface area contributed by atoms with Gasteiger partial charge in [0.2, 0.25) is 0 Å². The Balaban J connectivity index is 2.61. The molecular weight excluding hydrogens is 166 g/mol. The normalized spacial score (nSPS) is 9.69. The summed E-state index contributed by atoms with van der Waals surface area (Å²) in [7, 11) is 0. The Morgan fingerprint density at radius 1 is 1.54 bits per heavy atom. The first kappa shape index (κ1) is 9.64. The third-order valence-electron chi connectivity index (χ3n) is 1.48. The highest BCUT2D eigenvalue weighted by Gasteiger charge is 2.04. The molecule has 69 valence electrons. The maximum atomic E-state index is 11.3. The van der Waals surface area contributed by atoms with Crippen LogP contribution >= 0.6 is 0 Å². The second kappa shape index (κ2) is 4.54. The second-order valence-corrected chi connectivity index (χ2v) is 2.65. The van der Waals surface area contributed by atoms with E-state index >= 15 is 0 Å². The van der Waals surface area contributed by atoms with Gasteiger partial charge in [-0.2, -0.15) is 0 Å². The molecule has 1 radical (unpaired) electrons. The predicted octanol–water partition coefficient (Wildman–Crippen LogP) is 0.739. The molecule has 4 nitrogen and oxygen atoms in total. The Labute approximate surface area is 77.4 Å². The molecule has 0 atom stereocenters. The van der Waals surface area contributed by atoms with Crippen LogP contribution in [0.2, 0.25) is 0 Å². The molecule has 0 aromatic carbocycles. The van der Waals surface area contributed by atoms with E-state index in [0.717, 1.165) is 5.69 Å². The Bertz CT molecular complexity index is 281. The van der Waals surface area contributed by atoms with Crippen molar-refractivity contribution in [1.82, 2.24) is 15.3 Å². The van der Waals surface area contributed by atoms with Crippen molar-refractivity contribution in [1.29, 1.82) is 0 Å². The van der Waals surface area contributed by atoms with E-state index in [9.17, 15) is 4.79 Å². The molecule has 0 fully saturated rings. The number of nitrogens with one attached hydrogen (secondary N) is 1. The van der Waals surface area contributed by atoms with Gasteiger partial charge in [-0.05, 0) is 13.3 Å². The number of hydrogen-bond acceptors (Lipinski definition) is 3. The largest absolute Gasteiger partial charge is 0.351 e. The van der Waals surface area contributed by atoms with Crippen molar-refractivity contribution in [2.24, 2.45) is 0 Å². The molecule has 4 heteroatoms. The van der Waals surface area contributed by atoms with E-state index in [1.54, 1.807) is 6.20 Å². The molecule has 1 heterocycles. The highest BCUT2D eigenvalue weighted by Crippen LogP contribution is 1.93. The van der Waals surface area contributed by atoms with E-state index in [4.69, 9.17) is 0 Å². The maximum absolute atomic E-state index is 11.3. The molecule has 0 spiro atoms. The fraction of sp³-hybridized carbons (Fsp3) is 0.333. The van der Waals surface area contributed by atoms with Crippen LogP contribution in [0.15, 0.2) is 12.4 Å². The van der Waals surface area contributed by atoms with Gasteiger partial charge in [0.1, 0.15) is 5.69 Å². The molecular formula is C9H12N3O. The van der Waals surface area contributed by atoms with Gasteiger partial charge in [-0.3, -0.25) is 9.78 Å². The summed E-state index contributed by atoms with van der Waals surface area (Å²) in [5.41, 5.74) is 1.15. The van der Waals surface area contributed by atoms with Crippen LogP contribution in [0, 0.1) is 13.8 Å². The van der Waals surface area contributed by atoms with E-state index in [1.807, 2.05) is 6.92 Å². The number of aromatic nitrogens is 2. The highest BCUT2D eigenvalue weighted by molar-refractivity contribution is 5.91. The zero-order valence-electron chi connectivity index (χ0n) is 7.58. The Hall–Kier alpha value is -1.45. The van der Waals surface area contributed by atoms with Gasteiger partial charge < -0.3 is 5.32 Å². The van der Waals surface area contributed by atoms with E-state index < -0.39 is 0 Å². The number of hydrogen-bond donors (Lipinski definition) is 1. The van der Waals surface area contributed by atoms with Gasteiger partial charge in [-0.15, -0.1) is 0 Å². The monoisotopic (exact) mass is 178 g/mol. The minimum Gasteiger partial charge on any atom is -0.351 e. The van der Waals surface area contributed by atoms with Crippen LogP contribution in [-0.2, 0) is 0 Å². The van der Waals surface area contributed by atoms with Crippen LogP contribution in [0.1, 0.15) is 22.6 Å². The van der Waals surface area contributed by atoms with Gasteiger partial charge in [-0.25, -0.2) is 4.98 Å². The third-order valence-corrected chi connectivity index (χ3v) is 1.48. The number of rotatable bonds is 3. The summed E-state index contributed by atoms with van der Waals surface area (Å²) in [6, 6.07) is 0. The van der Waals surface area contributed by atoms with E-state index in [2.05, 4.69) is 22.2 Å². The van der Waals surface area contributed by atoms with Crippen molar-refractivity contribution in [3.63, 3.8) is 0 Å². The Morgan fingerprint density at radius 2 is 2.31 bits per heavy atom. The fourth-order valence-corrected chi connectivity index (χ4v) is 0.802. The lowest BCUT2D eigenvalue weighted by Gasteiger charge is -2.01. The molecule has 1 aromatic rings. The first-order chi connectivity index (χ1) is 6.24. The Morgan fingerprint density at radius 3 is 2.85 bits per heavy atom. The minimum atomic E-state index is -0.198. The van der Waals surface area contributed by atoms with Gasteiger partial charge in [0.25, 0.3) is 5.91 Å². The number of amides is 1. The number of nitrogens with zero attached hydrogens (tertiary/aromatic N) is 2. The lowest BCUT2D eigenvalue weighted by Crippen LogP contribution is -2.25. The summed E-state index contributed by atoms with van der Waals surface area (Å²) in [6.07, 6.45) is 3.71. The van der Waals surface area contributed by atoms with E-state index in [1.165, 1.54) is 6.20 Å². The summed E-state index contributed by atoms with van der Waals surface area (Å²) in [5.74, 6) is -0.198. The molecule has 0 aliphatic heterocycles. The molecule has 0 aliphatic rings. The van der Waals surface area contributed by atoms with Crippen LogP contribution in [0.25, 0.3) is 0 Å². The molecule has 13 heavy (non-hydrogen) atoms. The minimum absolute atomic E-state index is 0.198. The number of carbonyl (C=O) groups excluding carboxylic acids is 1. The maximum Gasteiger partial charge on any atom is 0.271 e. The molecule has 0 bridgehead atoms. The van der Waals surface area contributed by atoms with Crippen molar-refractivity contribution in [2.75, 3.05) is 6.54 Å². The van der Waals surface area contributed by atoms with Gasteiger partial charge in [0, 0.05) is 12.7 Å². The van der Waals surface area contributed by atoms with Crippen LogP contribution in [-0.4, -0.2) is 22.4 Å². The molecule has 0 saturated carbocycles. The summed E-state index contributed by atoms with van der Waals surface area (Å²) >= 11 is 0. The summed E-state index contributed by atoms with van der Waals surface area (Å²) in [5, 5.41) is 2.66. The average Bonchev–Trinajstić information content (AvgIpc) is 2.15. The van der Waals surface area contributed by atoms with Crippen molar-refractivity contribution in [3.8, 4) is 0 Å². The highest BCUT2D eigenvalue weighted by atomic mass is 16.1. The van der Waals surface area contributed by atoms with E-state index in [0.29, 0.717) is 18.7 Å². The fourth-order valence-electron chi connectivity index (χ4n) is 0.802. The van der Waals surface area contributed by atoms with E-state index in [-0.39, 0.29) is 5.91 Å². The molecule has 1 rings (SSSR count). The first-order valence-electron chi connectivity index (χ1n) is 4.10. The van der Waals surface area contributed by atoms with Gasteiger partial charge in [0.15, 0.2) is 0 Å². The number of carbonyl (C=O) groups is 1. The summed E-state index contributed by atoms with van der Waals surface area (Å²) < 4.78 is 0. The summed E-state index contributed by atoms with van der Waals surface area (Å²) in [6.45, 7) is 6.00. The molecule has 0 aliphatic carbocycles. The Kier molecular flexibility index (Phi) is 3.37. The third kappa shape index (κ3) is 2.82. The predicted molar refractivity (Wildman–Crippen MR) is 49.1 cm³/mol. The average molecular weight is 178 g/mol. The van der Waals surface area contributed by atoms with Crippen molar-refractivity contribution in [3.05, 3.63) is 30.7 Å². The van der Waals surface area contributed by atoms with Crippen LogP contribution in [0.3, 0.4) is 0 Å². The molecule has 1 amide bonds. The van der Waals surface area contributed by atoms with Gasteiger partial charge >= 0.3 is 0 Å². The molecule has 0 saturated heterocycles. The van der Waals surface area contributed by atoms with Crippen molar-refractivity contribution in [2.45, 2.75) is 13.3 Å². The molecule has 0 unspecified atom stereocenters. The molecule has 1 aromatic heterocycles. The van der Waals surface area contributed by atoms with Gasteiger partial charge in [-0.1, -0.05) is 6.92 Å². The zero-order chi connectivity index (χ0) is 9.68. The molecule has 1 N–H and O–H groups in total. The van der Waals surface area contributed by atoms with Crippen molar-refractivity contribution < 1.29 is 4.79 Å². The SMILES string of the molecule is [CH2]CCNC(=O)c1cnc(C)cn1. The zero-order valence-corrected chi connectivity index (χ0v) is 7.58. The lowest BCUT2D eigenvalue weighted by molar-refractivity contribution is 0.0949. The lowest BCUT2D eigenvalue weighted by atomic mass is 10.4. The number of aryl methyl sites for hydroxylation is 1. The smallest absolute Gasteiger partial charge is 0.271 e. The van der Waals surface area contributed by atoms with Crippen LogP contribution in [0.4, 0.5) is 0 Å². The summed E-state index contributed by atoms with van der Waals surface area (Å²) in [4.78, 5) is 19.2. The quantitative estimate of drug-likeness (QED) is 0.742.